The maximum atomic E-state index is 14.8. The molecule has 1 atom stereocenters. The van der Waals surface area contributed by atoms with E-state index < -0.39 is 23.1 Å². The first-order chi connectivity index (χ1) is 16.9. The number of amides is 1. The van der Waals surface area contributed by atoms with Gasteiger partial charge < -0.3 is 20.1 Å². The fraction of sp³-hybridized carbons (Fsp3) is 0.240. The first-order valence-electron chi connectivity index (χ1n) is 11.0. The lowest BCUT2D eigenvalue weighted by atomic mass is 9.68. The molecular formula is C25H22ClFN4O4. The number of anilines is 1. The summed E-state index contributed by atoms with van der Waals surface area (Å²) in [6.07, 6.45) is 1.28. The number of aryl methyl sites for hydroxylation is 1. The van der Waals surface area contributed by atoms with E-state index >= 15 is 0 Å². The highest BCUT2D eigenvalue weighted by Crippen LogP contribution is 2.56. The number of esters is 1. The molecule has 1 amide bonds. The van der Waals surface area contributed by atoms with Gasteiger partial charge in [-0.1, -0.05) is 49.2 Å². The second kappa shape index (κ2) is 8.42. The fourth-order valence-electron chi connectivity index (χ4n) is 5.01. The van der Waals surface area contributed by atoms with Gasteiger partial charge in [0.1, 0.15) is 16.8 Å². The van der Waals surface area contributed by atoms with Gasteiger partial charge in [-0.05, 0) is 24.6 Å². The van der Waals surface area contributed by atoms with E-state index in [4.69, 9.17) is 26.8 Å². The number of aromatic amines is 1. The average molecular weight is 497 g/mol. The summed E-state index contributed by atoms with van der Waals surface area (Å²) in [6.45, 7) is 1.82. The van der Waals surface area contributed by atoms with Crippen molar-refractivity contribution in [2.75, 3.05) is 12.0 Å². The molecule has 10 heteroatoms. The number of hydrogen-bond acceptors (Lipinski definition) is 6. The van der Waals surface area contributed by atoms with E-state index in [0.29, 0.717) is 28.9 Å². The van der Waals surface area contributed by atoms with Crippen molar-refractivity contribution in [3.8, 4) is 5.88 Å². The smallest absolute Gasteiger partial charge is 0.340 e. The minimum absolute atomic E-state index is 0.104. The second-order valence-corrected chi connectivity index (χ2v) is 8.73. The quantitative estimate of drug-likeness (QED) is 0.521. The van der Waals surface area contributed by atoms with Crippen molar-refractivity contribution in [2.45, 2.75) is 31.7 Å². The number of nitrogens with zero attached hydrogens (tertiary/aromatic N) is 2. The molecule has 0 fully saturated rings. The summed E-state index contributed by atoms with van der Waals surface area (Å²) >= 11 is 6.30. The zero-order valence-corrected chi connectivity index (χ0v) is 19.8. The minimum Gasteiger partial charge on any atom is -0.465 e. The number of rotatable bonds is 5. The average Bonchev–Trinajstić information content (AvgIpc) is 3.34. The summed E-state index contributed by atoms with van der Waals surface area (Å²) in [4.78, 5) is 29.1. The number of carbonyl (C=O) groups excluding carboxylic acids is 2. The number of carbonyl (C=O) groups is 2. The van der Waals surface area contributed by atoms with Crippen molar-refractivity contribution < 1.29 is 23.5 Å². The monoisotopic (exact) mass is 496 g/mol. The zero-order valence-electron chi connectivity index (χ0n) is 19.0. The van der Waals surface area contributed by atoms with Crippen LogP contribution in [0.5, 0.6) is 5.88 Å². The van der Waals surface area contributed by atoms with Crippen LogP contribution in [-0.2, 0) is 32.7 Å². The molecule has 3 N–H and O–H groups in total. The van der Waals surface area contributed by atoms with Crippen molar-refractivity contribution in [1.29, 1.82) is 0 Å². The Kier molecular flexibility index (Phi) is 5.52. The highest BCUT2D eigenvalue weighted by atomic mass is 35.5. The van der Waals surface area contributed by atoms with Gasteiger partial charge in [-0.15, -0.1) is 5.10 Å². The Balaban J connectivity index is 1.82. The summed E-state index contributed by atoms with van der Waals surface area (Å²) in [6, 6.07) is 11.3. The Bertz CT molecular complexity index is 1380. The van der Waals surface area contributed by atoms with Crippen LogP contribution >= 0.6 is 11.6 Å². The summed E-state index contributed by atoms with van der Waals surface area (Å²) < 4.78 is 25.5. The van der Waals surface area contributed by atoms with Crippen molar-refractivity contribution in [3.05, 3.63) is 87.1 Å². The standard InChI is InChI=1S/C25H22ClFN4O4/c1-3-7-17-19-22(30-29-17)35-21(28)20(23(32)34-2)25(19)14-8-4-5-11-18(14)31(24(25)33)12-13-15(26)9-6-10-16(13)27/h4-6,8-11H,3,7,12,28H2,1-2H3,(H,29,30)/t25-/m0/s1. The number of nitrogens with two attached hydrogens (primary N) is 1. The third-order valence-electron chi connectivity index (χ3n) is 6.44. The molecule has 1 aromatic heterocycles. The first-order valence-corrected chi connectivity index (χ1v) is 11.4. The number of ether oxygens (including phenoxy) is 2. The van der Waals surface area contributed by atoms with E-state index in [9.17, 15) is 14.0 Å². The van der Waals surface area contributed by atoms with Crippen LogP contribution < -0.4 is 15.4 Å². The van der Waals surface area contributed by atoms with Gasteiger partial charge in [0, 0.05) is 27.5 Å². The van der Waals surface area contributed by atoms with Crippen LogP contribution in [-0.4, -0.2) is 29.2 Å². The molecule has 3 aromatic rings. The number of methoxy groups -OCH3 is 1. The molecule has 1 spiro atoms. The molecule has 8 nitrogen and oxygen atoms in total. The number of nitrogens with one attached hydrogen (secondary N) is 1. The van der Waals surface area contributed by atoms with E-state index in [2.05, 4.69) is 10.2 Å². The number of fused-ring (bicyclic) bond motifs is 4. The predicted octanol–water partition coefficient (Wildman–Crippen LogP) is 3.72. The normalized spacial score (nSPS) is 18.5. The highest BCUT2D eigenvalue weighted by molar-refractivity contribution is 6.31. The van der Waals surface area contributed by atoms with Gasteiger partial charge in [-0.25, -0.2) is 9.18 Å². The number of hydrogen-bond donors (Lipinski definition) is 2. The minimum atomic E-state index is -1.70. The largest absolute Gasteiger partial charge is 0.465 e. The van der Waals surface area contributed by atoms with Crippen LogP contribution in [0.25, 0.3) is 0 Å². The summed E-state index contributed by atoms with van der Waals surface area (Å²) in [5, 5.41) is 7.37. The Labute approximate surface area is 205 Å². The van der Waals surface area contributed by atoms with Gasteiger partial charge >= 0.3 is 5.97 Å². The first kappa shape index (κ1) is 22.9. The van der Waals surface area contributed by atoms with E-state index in [1.165, 1.54) is 24.1 Å². The van der Waals surface area contributed by atoms with Crippen LogP contribution in [0.3, 0.4) is 0 Å². The number of H-pyrrole nitrogens is 1. The van der Waals surface area contributed by atoms with Crippen molar-refractivity contribution in [3.63, 3.8) is 0 Å². The fourth-order valence-corrected chi connectivity index (χ4v) is 5.23. The Morgan fingerprint density at radius 1 is 1.29 bits per heavy atom. The van der Waals surface area contributed by atoms with E-state index in [0.717, 1.165) is 6.42 Å². The molecule has 0 saturated carbocycles. The molecule has 5 rings (SSSR count). The van der Waals surface area contributed by atoms with Gasteiger partial charge in [-0.2, -0.15) is 0 Å². The van der Waals surface area contributed by atoms with Gasteiger partial charge in [0.25, 0.3) is 0 Å². The topological polar surface area (TPSA) is 111 Å². The summed E-state index contributed by atoms with van der Waals surface area (Å²) in [7, 11) is 1.20. The van der Waals surface area contributed by atoms with Gasteiger partial charge in [0.15, 0.2) is 0 Å². The molecule has 0 unspecified atom stereocenters. The lowest BCUT2D eigenvalue weighted by molar-refractivity contribution is -0.138. The molecule has 0 aliphatic carbocycles. The van der Waals surface area contributed by atoms with Crippen molar-refractivity contribution in [2.24, 2.45) is 5.73 Å². The number of benzene rings is 2. The van der Waals surface area contributed by atoms with Crippen LogP contribution in [0.1, 0.15) is 35.7 Å². The third-order valence-corrected chi connectivity index (χ3v) is 6.80. The lowest BCUT2D eigenvalue weighted by Crippen LogP contribution is -2.48. The highest BCUT2D eigenvalue weighted by Gasteiger charge is 2.62. The summed E-state index contributed by atoms with van der Waals surface area (Å²) in [5.74, 6) is -2.05. The van der Waals surface area contributed by atoms with Gasteiger partial charge in [0.05, 0.1) is 19.2 Å². The molecule has 0 saturated heterocycles. The molecular weight excluding hydrogens is 475 g/mol. The predicted molar refractivity (Wildman–Crippen MR) is 126 cm³/mol. The van der Waals surface area contributed by atoms with Crippen LogP contribution in [0.2, 0.25) is 5.02 Å². The molecule has 3 heterocycles. The van der Waals surface area contributed by atoms with Gasteiger partial charge in [-0.3, -0.25) is 9.89 Å². The molecule has 180 valence electrons. The van der Waals surface area contributed by atoms with E-state index in [-0.39, 0.29) is 34.5 Å². The molecule has 2 aliphatic heterocycles. The van der Waals surface area contributed by atoms with Crippen LogP contribution in [0, 0.1) is 5.82 Å². The molecule has 0 bridgehead atoms. The number of aromatic nitrogens is 2. The molecule has 2 aromatic carbocycles. The third kappa shape index (κ3) is 3.15. The van der Waals surface area contributed by atoms with Crippen molar-refractivity contribution >= 4 is 29.2 Å². The Morgan fingerprint density at radius 2 is 2.06 bits per heavy atom. The SMILES string of the molecule is CCCc1[nH]nc2c1[C@]1(C(=O)N(Cc3c(F)cccc3Cl)c3ccccc31)C(C(=O)OC)=C(N)O2. The van der Waals surface area contributed by atoms with E-state index in [1.807, 2.05) is 6.92 Å². The van der Waals surface area contributed by atoms with E-state index in [1.54, 1.807) is 30.3 Å². The number of halogens is 2. The zero-order chi connectivity index (χ0) is 24.9. The van der Waals surface area contributed by atoms with Crippen LogP contribution in [0.4, 0.5) is 10.1 Å². The van der Waals surface area contributed by atoms with Crippen molar-refractivity contribution in [1.82, 2.24) is 10.2 Å². The lowest BCUT2D eigenvalue weighted by Gasteiger charge is -2.34. The van der Waals surface area contributed by atoms with Crippen LogP contribution in [0.15, 0.2) is 53.9 Å². The maximum absolute atomic E-state index is 14.8. The molecule has 0 radical (unpaired) electrons. The summed E-state index contributed by atoms with van der Waals surface area (Å²) in [5.41, 5.74) is 6.54. The maximum Gasteiger partial charge on any atom is 0.340 e. The second-order valence-electron chi connectivity index (χ2n) is 8.32. The number of para-hydroxylation sites is 1. The van der Waals surface area contributed by atoms with Gasteiger partial charge in [0.2, 0.25) is 17.7 Å². The Morgan fingerprint density at radius 3 is 2.77 bits per heavy atom. The molecule has 2 aliphatic rings. The molecule has 35 heavy (non-hydrogen) atoms. The Hall–Kier alpha value is -3.85.